The van der Waals surface area contributed by atoms with Crippen molar-refractivity contribution in [2.24, 2.45) is 0 Å². The number of ether oxygens (including phenoxy) is 1. The van der Waals surface area contributed by atoms with Gasteiger partial charge in [0.05, 0.1) is 23.8 Å². The summed E-state index contributed by atoms with van der Waals surface area (Å²) >= 11 is 0. The number of nitro benzene ring substituents is 1. The Hall–Kier alpha value is -2.61. The number of rotatable bonds is 2. The predicted octanol–water partition coefficient (Wildman–Crippen LogP) is -0.0895. The first-order chi connectivity index (χ1) is 9.60. The van der Waals surface area contributed by atoms with Crippen molar-refractivity contribution in [1.82, 2.24) is 10.6 Å². The van der Waals surface area contributed by atoms with Crippen LogP contribution in [0.25, 0.3) is 0 Å². The van der Waals surface area contributed by atoms with Gasteiger partial charge < -0.3 is 20.5 Å². The van der Waals surface area contributed by atoms with Crippen molar-refractivity contribution in [3.8, 4) is 5.75 Å². The molecule has 0 aromatic heterocycles. The normalized spacial score (nSPS) is 16.6. The molecule has 0 unspecified atom stereocenters. The van der Waals surface area contributed by atoms with Gasteiger partial charge in [-0.25, -0.2) is 0 Å². The number of aliphatic hydroxyl groups excluding tert-OH is 1. The van der Waals surface area contributed by atoms with E-state index in [0.29, 0.717) is 16.7 Å². The third kappa shape index (κ3) is 1.86. The van der Waals surface area contributed by atoms with Gasteiger partial charge in [-0.3, -0.25) is 14.9 Å². The molecule has 2 heterocycles. The van der Waals surface area contributed by atoms with Crippen LogP contribution >= 0.6 is 0 Å². The maximum absolute atomic E-state index is 11.7. The number of carbonyl (C=O) groups excluding carboxylic acids is 1. The molecule has 1 amide bonds. The minimum atomic E-state index is -0.563. The summed E-state index contributed by atoms with van der Waals surface area (Å²) in [6.07, 6.45) is 0.220. The van der Waals surface area contributed by atoms with E-state index in [1.54, 1.807) is 6.07 Å². The van der Waals surface area contributed by atoms with Crippen LogP contribution in [0.15, 0.2) is 23.6 Å². The fourth-order valence-corrected chi connectivity index (χ4v) is 2.28. The Morgan fingerprint density at radius 1 is 1.40 bits per heavy atom. The Labute approximate surface area is 113 Å². The first kappa shape index (κ1) is 12.4. The highest BCUT2D eigenvalue weighted by Gasteiger charge is 2.32. The highest BCUT2D eigenvalue weighted by molar-refractivity contribution is 5.95. The number of amides is 1. The van der Waals surface area contributed by atoms with E-state index in [-0.39, 0.29) is 42.9 Å². The highest BCUT2D eigenvalue weighted by Crippen LogP contribution is 2.38. The molecule has 8 heteroatoms. The van der Waals surface area contributed by atoms with E-state index in [1.165, 1.54) is 6.07 Å². The molecule has 0 bridgehead atoms. The van der Waals surface area contributed by atoms with Crippen LogP contribution in [0.2, 0.25) is 0 Å². The number of nitro groups is 1. The van der Waals surface area contributed by atoms with Crippen LogP contribution < -0.4 is 15.4 Å². The van der Waals surface area contributed by atoms with E-state index in [1.807, 2.05) is 0 Å². The van der Waals surface area contributed by atoms with Gasteiger partial charge in [-0.2, -0.15) is 0 Å². The number of hydrogen-bond donors (Lipinski definition) is 3. The third-order valence-electron chi connectivity index (χ3n) is 3.20. The first-order valence-electron chi connectivity index (χ1n) is 5.94. The van der Waals surface area contributed by atoms with Crippen LogP contribution in [-0.4, -0.2) is 22.6 Å². The second kappa shape index (κ2) is 4.49. The number of fused-ring (bicyclic) bond motifs is 1. The number of benzene rings is 1. The van der Waals surface area contributed by atoms with Crippen molar-refractivity contribution in [2.45, 2.75) is 13.0 Å². The fourth-order valence-electron chi connectivity index (χ4n) is 2.28. The van der Waals surface area contributed by atoms with Crippen molar-refractivity contribution >= 4 is 11.6 Å². The Balaban J connectivity index is 2.11. The molecule has 0 atom stereocenters. The fraction of sp³-hybridized carbons (Fsp3) is 0.250. The number of carbonyl (C=O) groups is 1. The van der Waals surface area contributed by atoms with Crippen LogP contribution in [0.5, 0.6) is 5.75 Å². The zero-order valence-corrected chi connectivity index (χ0v) is 10.3. The minimum absolute atomic E-state index is 0.119. The van der Waals surface area contributed by atoms with Gasteiger partial charge in [0.2, 0.25) is 11.6 Å². The van der Waals surface area contributed by atoms with E-state index in [2.05, 4.69) is 10.6 Å². The summed E-state index contributed by atoms with van der Waals surface area (Å²) in [7, 11) is 0. The zero-order chi connectivity index (χ0) is 14.3. The first-order valence-corrected chi connectivity index (χ1v) is 5.94. The molecule has 3 N–H and O–H groups in total. The monoisotopic (exact) mass is 277 g/mol. The number of hydrogen-bond acceptors (Lipinski definition) is 6. The lowest BCUT2D eigenvalue weighted by molar-refractivity contribution is -0.385. The summed E-state index contributed by atoms with van der Waals surface area (Å²) in [6.45, 7) is -0.0972. The lowest BCUT2D eigenvalue weighted by atomic mass is 9.98. The van der Waals surface area contributed by atoms with E-state index < -0.39 is 4.92 Å². The lowest BCUT2D eigenvalue weighted by Gasteiger charge is -2.27. The van der Waals surface area contributed by atoms with E-state index in [0.717, 1.165) is 0 Å². The quantitative estimate of drug-likeness (QED) is 0.514. The van der Waals surface area contributed by atoms with Crippen molar-refractivity contribution in [3.63, 3.8) is 0 Å². The largest absolute Gasteiger partial charge is 0.433 e. The van der Waals surface area contributed by atoms with Crippen LogP contribution in [0.4, 0.5) is 5.69 Å². The van der Waals surface area contributed by atoms with Gasteiger partial charge in [0, 0.05) is 18.1 Å². The summed E-state index contributed by atoms with van der Waals surface area (Å²) < 4.78 is 5.48. The molecule has 0 fully saturated rings. The van der Waals surface area contributed by atoms with Crippen LogP contribution in [0.3, 0.4) is 0 Å². The third-order valence-corrected chi connectivity index (χ3v) is 3.20. The smallest absolute Gasteiger partial charge is 0.312 e. The molecule has 0 saturated heterocycles. The highest BCUT2D eigenvalue weighted by atomic mass is 16.6. The van der Waals surface area contributed by atoms with E-state index >= 15 is 0 Å². The molecule has 1 aromatic rings. The Morgan fingerprint density at radius 3 is 2.90 bits per heavy atom. The second-order valence-electron chi connectivity index (χ2n) is 4.46. The molecule has 2 aliphatic rings. The molecule has 104 valence electrons. The summed E-state index contributed by atoms with van der Waals surface area (Å²) in [5.74, 6) is 0.107. The molecule has 0 radical (unpaired) electrons. The lowest BCUT2D eigenvalue weighted by Crippen LogP contribution is -2.44. The van der Waals surface area contributed by atoms with Crippen molar-refractivity contribution < 1.29 is 19.6 Å². The van der Waals surface area contributed by atoms with Gasteiger partial charge in [-0.05, 0) is 11.6 Å². The minimum Gasteiger partial charge on any atom is -0.433 e. The molecule has 0 spiro atoms. The second-order valence-corrected chi connectivity index (χ2v) is 4.46. The average Bonchev–Trinajstić information content (AvgIpc) is 2.44. The summed E-state index contributed by atoms with van der Waals surface area (Å²) in [5.41, 5.74) is 1.10. The van der Waals surface area contributed by atoms with Crippen LogP contribution in [0, 0.1) is 10.1 Å². The Morgan fingerprint density at radius 2 is 2.20 bits per heavy atom. The van der Waals surface area contributed by atoms with Crippen molar-refractivity contribution in [2.75, 3.05) is 6.67 Å². The van der Waals surface area contributed by atoms with E-state index in [9.17, 15) is 14.9 Å². The standard InChI is InChI=1S/C12H11N3O5/c16-4-6-1-7-3-8-11(17)13-5-14-12(8)20-10(7)9(2-6)15(18)19/h1-2,14,16H,3-5H2,(H,13,17). The van der Waals surface area contributed by atoms with Crippen LogP contribution in [0.1, 0.15) is 11.1 Å². The number of nitrogens with one attached hydrogen (secondary N) is 2. The van der Waals surface area contributed by atoms with Crippen molar-refractivity contribution in [1.29, 1.82) is 0 Å². The van der Waals surface area contributed by atoms with Gasteiger partial charge in [-0.15, -0.1) is 0 Å². The molecule has 8 nitrogen and oxygen atoms in total. The summed E-state index contributed by atoms with van der Waals surface area (Å²) in [4.78, 5) is 22.3. The van der Waals surface area contributed by atoms with E-state index in [4.69, 9.17) is 9.84 Å². The van der Waals surface area contributed by atoms with Crippen LogP contribution in [-0.2, 0) is 17.8 Å². The number of nitrogens with zero attached hydrogens (tertiary/aromatic N) is 1. The molecule has 0 saturated carbocycles. The molecular weight excluding hydrogens is 266 g/mol. The van der Waals surface area contributed by atoms with Gasteiger partial charge in [0.15, 0.2) is 0 Å². The average molecular weight is 277 g/mol. The molecule has 2 aliphatic heterocycles. The molecular formula is C12H11N3O5. The maximum atomic E-state index is 11.7. The molecule has 1 aromatic carbocycles. The van der Waals surface area contributed by atoms with Gasteiger partial charge >= 0.3 is 5.69 Å². The Kier molecular flexibility index (Phi) is 2.79. The SMILES string of the molecule is O=C1NCNC2=C1Cc1cc(CO)cc([N+](=O)[O-])c1O2. The van der Waals surface area contributed by atoms with Gasteiger partial charge in [-0.1, -0.05) is 0 Å². The summed E-state index contributed by atoms with van der Waals surface area (Å²) in [6, 6.07) is 2.88. The Bertz CT molecular complexity index is 653. The predicted molar refractivity (Wildman–Crippen MR) is 66.5 cm³/mol. The maximum Gasteiger partial charge on any atom is 0.312 e. The van der Waals surface area contributed by atoms with Gasteiger partial charge in [0.25, 0.3) is 5.91 Å². The van der Waals surface area contributed by atoms with Gasteiger partial charge in [0.1, 0.15) is 0 Å². The molecule has 20 heavy (non-hydrogen) atoms. The zero-order valence-electron chi connectivity index (χ0n) is 10.3. The number of aliphatic hydroxyl groups is 1. The molecule has 3 rings (SSSR count). The van der Waals surface area contributed by atoms with Crippen molar-refractivity contribution in [3.05, 3.63) is 44.8 Å². The summed E-state index contributed by atoms with van der Waals surface area (Å²) in [5, 5.41) is 25.7. The molecule has 0 aliphatic carbocycles. The topological polar surface area (TPSA) is 114 Å².